The van der Waals surface area contributed by atoms with Crippen LogP contribution in [0.25, 0.3) is 0 Å². The fourth-order valence-corrected chi connectivity index (χ4v) is 6.50. The Bertz CT molecular complexity index is 1480. The Hall–Kier alpha value is -3.68. The molecule has 1 aromatic heterocycles. The largest absolute Gasteiger partial charge is 0.469 e. The van der Waals surface area contributed by atoms with E-state index in [4.69, 9.17) is 26.5 Å². The number of hydrogen-bond donors (Lipinski definition) is 1. The minimum atomic E-state index is -0.919. The SMILES string of the molecule is Nc1ccccc1C(=O)N(Cc1ccccc1Sc1ccc(Cl)cc1)C(Cc1ccco1)C(=O)OC1CCCCCCC1. The Labute approximate surface area is 262 Å². The molecule has 3 aromatic carbocycles. The van der Waals surface area contributed by atoms with Gasteiger partial charge in [-0.05, 0) is 85.8 Å². The molecule has 8 heteroatoms. The lowest BCUT2D eigenvalue weighted by molar-refractivity contribution is -0.156. The van der Waals surface area contributed by atoms with Crippen molar-refractivity contribution in [2.75, 3.05) is 5.73 Å². The van der Waals surface area contributed by atoms with E-state index in [2.05, 4.69) is 0 Å². The van der Waals surface area contributed by atoms with Crippen molar-refractivity contribution < 1.29 is 18.7 Å². The van der Waals surface area contributed by atoms with Gasteiger partial charge in [0, 0.05) is 33.5 Å². The van der Waals surface area contributed by atoms with Crippen LogP contribution in [0, 0.1) is 0 Å². The third-order valence-electron chi connectivity index (χ3n) is 7.76. The third kappa shape index (κ3) is 8.46. The van der Waals surface area contributed by atoms with Gasteiger partial charge in [-0.25, -0.2) is 4.79 Å². The number of carbonyl (C=O) groups excluding carboxylic acids is 2. The predicted octanol–water partition coefficient (Wildman–Crippen LogP) is 8.58. The molecule has 1 aliphatic rings. The topological polar surface area (TPSA) is 85.8 Å². The van der Waals surface area contributed by atoms with Crippen molar-refractivity contribution in [1.82, 2.24) is 4.90 Å². The molecule has 1 amide bonds. The molecule has 4 aromatic rings. The van der Waals surface area contributed by atoms with Crippen molar-refractivity contribution in [3.8, 4) is 0 Å². The summed E-state index contributed by atoms with van der Waals surface area (Å²) in [6.45, 7) is 0.176. The van der Waals surface area contributed by atoms with Crippen LogP contribution in [0.1, 0.15) is 66.6 Å². The highest BCUT2D eigenvalue weighted by atomic mass is 35.5. The number of ether oxygens (including phenoxy) is 1. The molecule has 1 heterocycles. The minimum absolute atomic E-state index is 0.168. The maximum Gasteiger partial charge on any atom is 0.329 e. The van der Waals surface area contributed by atoms with Crippen molar-refractivity contribution in [2.24, 2.45) is 0 Å². The quantitative estimate of drug-likeness (QED) is 0.142. The predicted molar refractivity (Wildman–Crippen MR) is 171 cm³/mol. The van der Waals surface area contributed by atoms with Crippen LogP contribution >= 0.6 is 23.4 Å². The van der Waals surface area contributed by atoms with Crippen LogP contribution in [0.5, 0.6) is 0 Å². The molecule has 1 aliphatic carbocycles. The summed E-state index contributed by atoms with van der Waals surface area (Å²) < 4.78 is 11.9. The summed E-state index contributed by atoms with van der Waals surface area (Å²) in [7, 11) is 0. The molecule has 0 saturated heterocycles. The number of esters is 1. The average Bonchev–Trinajstić information content (AvgIpc) is 3.51. The van der Waals surface area contributed by atoms with Crippen molar-refractivity contribution >= 4 is 40.9 Å². The highest BCUT2D eigenvalue weighted by Crippen LogP contribution is 2.33. The maximum atomic E-state index is 14.3. The Kier molecular flexibility index (Phi) is 10.9. The van der Waals surface area contributed by atoms with Crippen molar-refractivity contribution in [2.45, 2.75) is 79.8 Å². The number of nitrogen functional groups attached to an aromatic ring is 1. The second kappa shape index (κ2) is 15.2. The number of nitrogens with two attached hydrogens (primary N) is 1. The molecule has 2 N–H and O–H groups in total. The molecular formula is C35H37ClN2O4S. The van der Waals surface area contributed by atoms with Gasteiger partial charge in [0.2, 0.25) is 0 Å². The first-order valence-electron chi connectivity index (χ1n) is 14.9. The van der Waals surface area contributed by atoms with Gasteiger partial charge in [0.25, 0.3) is 5.91 Å². The summed E-state index contributed by atoms with van der Waals surface area (Å²) in [5.41, 5.74) is 7.88. The highest BCUT2D eigenvalue weighted by Gasteiger charge is 2.35. The smallest absolute Gasteiger partial charge is 0.329 e. The van der Waals surface area contributed by atoms with Gasteiger partial charge in [-0.2, -0.15) is 0 Å². The number of para-hydroxylation sites is 1. The number of benzene rings is 3. The molecular weight excluding hydrogens is 580 g/mol. The lowest BCUT2D eigenvalue weighted by atomic mass is 9.98. The Morgan fingerprint density at radius 2 is 1.60 bits per heavy atom. The van der Waals surface area contributed by atoms with Gasteiger partial charge in [-0.3, -0.25) is 4.79 Å². The Morgan fingerprint density at radius 3 is 2.33 bits per heavy atom. The van der Waals surface area contributed by atoms with Crippen LogP contribution in [-0.2, 0) is 22.5 Å². The number of nitrogens with zero attached hydrogens (tertiary/aromatic N) is 1. The zero-order chi connectivity index (χ0) is 30.0. The van der Waals surface area contributed by atoms with Crippen LogP contribution in [-0.4, -0.2) is 28.9 Å². The summed E-state index contributed by atoms with van der Waals surface area (Å²) in [5.74, 6) is -0.162. The normalized spacial score (nSPS) is 14.8. The van der Waals surface area contributed by atoms with Crippen molar-refractivity contribution in [3.63, 3.8) is 0 Å². The molecule has 0 bridgehead atoms. The number of amides is 1. The number of carbonyl (C=O) groups is 2. The standard InChI is InChI=1S/C35H37ClN2O4S/c36-26-18-20-29(21-19-26)43-33-17-9-6-11-25(33)24-38(34(39)30-15-7-8-16-31(30)37)32(23-28-14-10-22-41-28)35(40)42-27-12-4-2-1-3-5-13-27/h6-11,14-22,27,32H,1-5,12-13,23-24,37H2. The van der Waals surface area contributed by atoms with Crippen LogP contribution in [0.3, 0.4) is 0 Å². The van der Waals surface area contributed by atoms with Gasteiger partial charge < -0.3 is 19.8 Å². The summed E-state index contributed by atoms with van der Waals surface area (Å²) in [6.07, 6.45) is 8.81. The maximum absolute atomic E-state index is 14.3. The monoisotopic (exact) mass is 616 g/mol. The van der Waals surface area contributed by atoms with Gasteiger partial charge >= 0.3 is 5.97 Å². The number of rotatable bonds is 10. The van der Waals surface area contributed by atoms with E-state index >= 15 is 0 Å². The molecule has 43 heavy (non-hydrogen) atoms. The molecule has 0 spiro atoms. The Morgan fingerprint density at radius 1 is 0.907 bits per heavy atom. The first-order chi connectivity index (χ1) is 21.0. The van der Waals surface area contributed by atoms with E-state index in [9.17, 15) is 9.59 Å². The van der Waals surface area contributed by atoms with Crippen molar-refractivity contribution in [3.05, 3.63) is 113 Å². The van der Waals surface area contributed by atoms with E-state index in [0.717, 1.165) is 53.9 Å². The highest BCUT2D eigenvalue weighted by molar-refractivity contribution is 7.99. The van der Waals surface area contributed by atoms with Crippen molar-refractivity contribution in [1.29, 1.82) is 0 Å². The first-order valence-corrected chi connectivity index (χ1v) is 16.1. The number of anilines is 1. The van der Waals surface area contributed by atoms with Gasteiger partial charge in [0.15, 0.2) is 0 Å². The van der Waals surface area contributed by atoms with E-state index in [-0.39, 0.29) is 25.0 Å². The van der Waals surface area contributed by atoms with Gasteiger partial charge in [-0.1, -0.05) is 73.0 Å². The first kappa shape index (κ1) is 30.8. The van der Waals surface area contributed by atoms with Crippen LogP contribution in [0.2, 0.25) is 5.02 Å². The second-order valence-corrected chi connectivity index (χ2v) is 12.4. The average molecular weight is 617 g/mol. The van der Waals surface area contributed by atoms with Gasteiger partial charge in [0.05, 0.1) is 11.8 Å². The lowest BCUT2D eigenvalue weighted by Crippen LogP contribution is -2.47. The van der Waals surface area contributed by atoms with Crippen LogP contribution in [0.15, 0.2) is 105 Å². The summed E-state index contributed by atoms with van der Waals surface area (Å²) >= 11 is 7.69. The molecule has 0 aliphatic heterocycles. The molecule has 0 radical (unpaired) electrons. The summed E-state index contributed by atoms with van der Waals surface area (Å²) in [6, 6.07) is 25.2. The fraction of sp³-hybridized carbons (Fsp3) is 0.314. The van der Waals surface area contributed by atoms with E-state index < -0.39 is 12.0 Å². The summed E-state index contributed by atoms with van der Waals surface area (Å²) in [4.78, 5) is 32.0. The number of halogens is 1. The Balaban J connectivity index is 1.51. The van der Waals surface area contributed by atoms with Gasteiger partial charge in [-0.15, -0.1) is 0 Å². The van der Waals surface area contributed by atoms with E-state index in [1.54, 1.807) is 53.3 Å². The minimum Gasteiger partial charge on any atom is -0.469 e. The number of furan rings is 1. The van der Waals surface area contributed by atoms with Gasteiger partial charge in [0.1, 0.15) is 17.9 Å². The van der Waals surface area contributed by atoms with Crippen LogP contribution in [0.4, 0.5) is 5.69 Å². The molecule has 5 rings (SSSR count). The molecule has 1 unspecified atom stereocenters. The number of hydrogen-bond acceptors (Lipinski definition) is 6. The molecule has 224 valence electrons. The zero-order valence-electron chi connectivity index (χ0n) is 24.1. The fourth-order valence-electron chi connectivity index (χ4n) is 5.44. The summed E-state index contributed by atoms with van der Waals surface area (Å²) in [5, 5.41) is 0.665. The van der Waals surface area contributed by atoms with E-state index in [1.165, 1.54) is 6.42 Å². The molecule has 1 fully saturated rings. The lowest BCUT2D eigenvalue weighted by Gasteiger charge is -2.32. The molecule has 1 atom stereocenters. The third-order valence-corrected chi connectivity index (χ3v) is 9.14. The zero-order valence-corrected chi connectivity index (χ0v) is 25.7. The second-order valence-electron chi connectivity index (χ2n) is 10.9. The molecule has 1 saturated carbocycles. The van der Waals surface area contributed by atoms with E-state index in [0.29, 0.717) is 22.0 Å². The molecule has 6 nitrogen and oxygen atoms in total. The van der Waals surface area contributed by atoms with Crippen LogP contribution < -0.4 is 5.73 Å². The van der Waals surface area contributed by atoms with E-state index in [1.807, 2.05) is 54.6 Å².